The third kappa shape index (κ3) is 2.46. The van der Waals surface area contributed by atoms with Crippen LogP contribution in [-0.4, -0.2) is 50.7 Å². The van der Waals surface area contributed by atoms with Gasteiger partial charge in [-0.2, -0.15) is 0 Å². The van der Waals surface area contributed by atoms with E-state index in [2.05, 4.69) is 5.32 Å². The number of likely N-dealkylation sites (tertiary alicyclic amines) is 1. The predicted octanol–water partition coefficient (Wildman–Crippen LogP) is 1.53. The van der Waals surface area contributed by atoms with Crippen LogP contribution in [0.15, 0.2) is 18.2 Å². The number of benzene rings is 1. The normalized spacial score (nSPS) is 24.6. The Labute approximate surface area is 125 Å². The van der Waals surface area contributed by atoms with E-state index >= 15 is 0 Å². The van der Waals surface area contributed by atoms with E-state index in [-0.39, 0.29) is 5.91 Å². The molecule has 0 spiro atoms. The fourth-order valence-corrected chi connectivity index (χ4v) is 3.53. The zero-order valence-electron chi connectivity index (χ0n) is 12.6. The molecule has 2 atom stereocenters. The number of piperidine rings is 1. The molecular weight excluding hydrogens is 268 g/mol. The van der Waals surface area contributed by atoms with Crippen LogP contribution in [0.3, 0.4) is 0 Å². The average Bonchev–Trinajstić information content (AvgIpc) is 3.01. The summed E-state index contributed by atoms with van der Waals surface area (Å²) < 4.78 is 10.7. The summed E-state index contributed by atoms with van der Waals surface area (Å²) in [6.45, 7) is 2.70. The van der Waals surface area contributed by atoms with Gasteiger partial charge in [0.25, 0.3) is 5.91 Å². The molecular formula is C16H22N2O3. The molecule has 1 aromatic rings. The van der Waals surface area contributed by atoms with Crippen molar-refractivity contribution in [2.75, 3.05) is 33.9 Å². The lowest BCUT2D eigenvalue weighted by atomic mass is 9.91. The molecule has 3 rings (SSSR count). The minimum absolute atomic E-state index is 0.0164. The van der Waals surface area contributed by atoms with Gasteiger partial charge in [-0.1, -0.05) is 6.07 Å². The lowest BCUT2D eigenvalue weighted by Crippen LogP contribution is -2.48. The molecule has 2 unspecified atom stereocenters. The number of hydrogen-bond donors (Lipinski definition) is 1. The number of amides is 1. The Balaban J connectivity index is 1.94. The summed E-state index contributed by atoms with van der Waals surface area (Å²) in [6.07, 6.45) is 2.26. The Morgan fingerprint density at radius 2 is 1.95 bits per heavy atom. The summed E-state index contributed by atoms with van der Waals surface area (Å²) in [7, 11) is 3.17. The van der Waals surface area contributed by atoms with Gasteiger partial charge >= 0.3 is 0 Å². The molecule has 5 nitrogen and oxygen atoms in total. The van der Waals surface area contributed by atoms with Crippen molar-refractivity contribution in [3.63, 3.8) is 0 Å². The number of carbonyl (C=O) groups is 1. The Hall–Kier alpha value is -1.75. The molecule has 1 amide bonds. The first-order valence-corrected chi connectivity index (χ1v) is 7.49. The maximum atomic E-state index is 13.0. The number of methoxy groups -OCH3 is 2. The molecule has 0 aliphatic carbocycles. The van der Waals surface area contributed by atoms with Gasteiger partial charge in [0.1, 0.15) is 17.1 Å². The molecule has 2 heterocycles. The van der Waals surface area contributed by atoms with Crippen LogP contribution >= 0.6 is 0 Å². The van der Waals surface area contributed by atoms with Gasteiger partial charge in [-0.25, -0.2) is 0 Å². The molecule has 114 valence electrons. The summed E-state index contributed by atoms with van der Waals surface area (Å²) in [5, 5.41) is 3.40. The molecule has 21 heavy (non-hydrogen) atoms. The Bertz CT molecular complexity index is 510. The highest BCUT2D eigenvalue weighted by molar-refractivity contribution is 6.00. The third-order valence-corrected chi connectivity index (χ3v) is 4.58. The second kappa shape index (κ2) is 5.93. The van der Waals surface area contributed by atoms with Gasteiger partial charge in [0.2, 0.25) is 0 Å². The summed E-state index contributed by atoms with van der Waals surface area (Å²) in [4.78, 5) is 15.0. The van der Waals surface area contributed by atoms with Crippen LogP contribution in [0.5, 0.6) is 11.5 Å². The summed E-state index contributed by atoms with van der Waals surface area (Å²) in [5.41, 5.74) is 0.537. The molecule has 5 heteroatoms. The van der Waals surface area contributed by atoms with Gasteiger partial charge < -0.3 is 19.7 Å². The summed E-state index contributed by atoms with van der Waals surface area (Å²) in [5.74, 6) is 1.74. The second-order valence-corrected chi connectivity index (χ2v) is 5.66. The largest absolute Gasteiger partial charge is 0.496 e. The number of hydrogen-bond acceptors (Lipinski definition) is 4. The number of fused-ring (bicyclic) bond motifs is 1. The highest BCUT2D eigenvalue weighted by atomic mass is 16.5. The van der Waals surface area contributed by atoms with E-state index in [1.807, 2.05) is 23.1 Å². The fraction of sp³-hybridized carbons (Fsp3) is 0.562. The maximum Gasteiger partial charge on any atom is 0.261 e. The van der Waals surface area contributed by atoms with E-state index in [9.17, 15) is 4.79 Å². The number of rotatable bonds is 3. The molecule has 2 fully saturated rings. The monoisotopic (exact) mass is 290 g/mol. The van der Waals surface area contributed by atoms with Crippen molar-refractivity contribution in [1.29, 1.82) is 0 Å². The predicted molar refractivity (Wildman–Crippen MR) is 80.0 cm³/mol. The van der Waals surface area contributed by atoms with Crippen molar-refractivity contribution >= 4 is 5.91 Å². The molecule has 2 aliphatic heterocycles. The molecule has 0 saturated carbocycles. The van der Waals surface area contributed by atoms with Gasteiger partial charge in [0.05, 0.1) is 14.2 Å². The van der Waals surface area contributed by atoms with Crippen molar-refractivity contribution in [1.82, 2.24) is 10.2 Å². The first-order valence-electron chi connectivity index (χ1n) is 7.49. The van der Waals surface area contributed by atoms with E-state index in [1.54, 1.807) is 14.2 Å². The molecule has 1 N–H and O–H groups in total. The minimum Gasteiger partial charge on any atom is -0.496 e. The van der Waals surface area contributed by atoms with Crippen LogP contribution in [0, 0.1) is 5.92 Å². The van der Waals surface area contributed by atoms with Gasteiger partial charge in [0, 0.05) is 25.7 Å². The molecule has 0 radical (unpaired) electrons. The van der Waals surface area contributed by atoms with Crippen LogP contribution in [0.25, 0.3) is 0 Å². The zero-order valence-corrected chi connectivity index (χ0v) is 12.6. The van der Waals surface area contributed by atoms with Gasteiger partial charge in [-0.05, 0) is 30.9 Å². The number of ether oxygens (including phenoxy) is 2. The van der Waals surface area contributed by atoms with Crippen LogP contribution in [0.4, 0.5) is 0 Å². The first kappa shape index (κ1) is 14.2. The van der Waals surface area contributed by atoms with Gasteiger partial charge in [-0.15, -0.1) is 0 Å². The van der Waals surface area contributed by atoms with Crippen molar-refractivity contribution in [3.8, 4) is 11.5 Å². The molecule has 1 aromatic carbocycles. The third-order valence-electron chi connectivity index (χ3n) is 4.58. The number of nitrogens with one attached hydrogen (secondary N) is 1. The van der Waals surface area contributed by atoms with Crippen LogP contribution in [0.2, 0.25) is 0 Å². The van der Waals surface area contributed by atoms with E-state index in [4.69, 9.17) is 9.47 Å². The van der Waals surface area contributed by atoms with Crippen LogP contribution in [-0.2, 0) is 0 Å². The van der Waals surface area contributed by atoms with E-state index < -0.39 is 0 Å². The molecule has 0 bridgehead atoms. The van der Waals surface area contributed by atoms with E-state index in [0.29, 0.717) is 29.0 Å². The van der Waals surface area contributed by atoms with Gasteiger partial charge in [0.15, 0.2) is 0 Å². The highest BCUT2D eigenvalue weighted by Gasteiger charge is 2.39. The average molecular weight is 290 g/mol. The fourth-order valence-electron chi connectivity index (χ4n) is 3.53. The number of carbonyl (C=O) groups excluding carboxylic acids is 1. The summed E-state index contributed by atoms with van der Waals surface area (Å²) in [6, 6.07) is 5.75. The minimum atomic E-state index is 0.0164. The highest BCUT2D eigenvalue weighted by Crippen LogP contribution is 2.33. The Kier molecular flexibility index (Phi) is 4.01. The lowest BCUT2D eigenvalue weighted by Gasteiger charge is -2.37. The quantitative estimate of drug-likeness (QED) is 0.917. The van der Waals surface area contributed by atoms with E-state index in [0.717, 1.165) is 26.1 Å². The second-order valence-electron chi connectivity index (χ2n) is 5.66. The Morgan fingerprint density at radius 1 is 1.24 bits per heavy atom. The smallest absolute Gasteiger partial charge is 0.261 e. The maximum absolute atomic E-state index is 13.0. The van der Waals surface area contributed by atoms with Crippen molar-refractivity contribution < 1.29 is 14.3 Å². The topological polar surface area (TPSA) is 50.8 Å². The zero-order chi connectivity index (χ0) is 14.8. The van der Waals surface area contributed by atoms with E-state index in [1.165, 1.54) is 6.42 Å². The van der Waals surface area contributed by atoms with Crippen molar-refractivity contribution in [3.05, 3.63) is 23.8 Å². The SMILES string of the molecule is COc1cccc(OC)c1C(=O)N1CCCC2CNCC21. The standard InChI is InChI=1S/C16H22N2O3/c1-20-13-6-3-7-14(21-2)15(13)16(19)18-8-4-5-11-9-17-10-12(11)18/h3,6-7,11-12,17H,4-5,8-10H2,1-2H3. The van der Waals surface area contributed by atoms with Gasteiger partial charge in [-0.3, -0.25) is 4.79 Å². The lowest BCUT2D eigenvalue weighted by molar-refractivity contribution is 0.0568. The molecule has 0 aromatic heterocycles. The van der Waals surface area contributed by atoms with Crippen molar-refractivity contribution in [2.24, 2.45) is 5.92 Å². The molecule has 2 aliphatic rings. The van der Waals surface area contributed by atoms with Crippen LogP contribution < -0.4 is 14.8 Å². The molecule has 2 saturated heterocycles. The van der Waals surface area contributed by atoms with Crippen LogP contribution in [0.1, 0.15) is 23.2 Å². The first-order chi connectivity index (χ1) is 10.3. The summed E-state index contributed by atoms with van der Waals surface area (Å²) >= 11 is 0. The number of nitrogens with zero attached hydrogens (tertiary/aromatic N) is 1. The van der Waals surface area contributed by atoms with Crippen molar-refractivity contribution in [2.45, 2.75) is 18.9 Å². The Morgan fingerprint density at radius 3 is 2.62 bits per heavy atom.